The minimum Gasteiger partial charge on any atom is -0.496 e. The fourth-order valence-electron chi connectivity index (χ4n) is 5.11. The minimum atomic E-state index is -1.06. The summed E-state index contributed by atoms with van der Waals surface area (Å²) in [7, 11) is 4.15. The zero-order valence-corrected chi connectivity index (χ0v) is 29.2. The van der Waals surface area contributed by atoms with E-state index in [1.54, 1.807) is 20.8 Å². The number of methoxy groups -OCH3 is 3. The van der Waals surface area contributed by atoms with Crippen LogP contribution in [0.3, 0.4) is 0 Å². The quantitative estimate of drug-likeness (QED) is 0.170. The van der Waals surface area contributed by atoms with Crippen LogP contribution in [0, 0.1) is 46.7 Å². The molecule has 0 saturated heterocycles. The van der Waals surface area contributed by atoms with Gasteiger partial charge in [0.25, 0.3) is 0 Å². The van der Waals surface area contributed by atoms with Gasteiger partial charge in [0.05, 0.1) is 26.9 Å². The lowest BCUT2D eigenvalue weighted by molar-refractivity contribution is 0.0525. The van der Waals surface area contributed by atoms with Crippen LogP contribution in [0.5, 0.6) is 17.2 Å². The van der Waals surface area contributed by atoms with E-state index in [-0.39, 0.29) is 41.5 Å². The van der Waals surface area contributed by atoms with Gasteiger partial charge in [-0.3, -0.25) is 4.79 Å². The summed E-state index contributed by atoms with van der Waals surface area (Å²) in [4.78, 5) is 21.9. The van der Waals surface area contributed by atoms with E-state index in [1.165, 1.54) is 33.5 Å². The molecule has 2 aliphatic carbocycles. The lowest BCUT2D eigenvalue weighted by atomic mass is 10.1. The molecule has 2 fully saturated rings. The van der Waals surface area contributed by atoms with Gasteiger partial charge in [-0.1, -0.05) is 0 Å². The molecular formula is C35H41ClF6N2O6. The number of aldehydes is 1. The first kappa shape index (κ1) is 42.0. The second kappa shape index (κ2) is 18.2. The van der Waals surface area contributed by atoms with Crippen LogP contribution in [0.15, 0.2) is 36.4 Å². The summed E-state index contributed by atoms with van der Waals surface area (Å²) in [5.41, 5.74) is 6.33. The monoisotopic (exact) mass is 734 g/mol. The first-order valence-electron chi connectivity index (χ1n) is 15.3. The van der Waals surface area contributed by atoms with Gasteiger partial charge in [0, 0.05) is 35.9 Å². The van der Waals surface area contributed by atoms with Crippen molar-refractivity contribution in [3.05, 3.63) is 88.0 Å². The lowest BCUT2D eigenvalue weighted by Crippen LogP contribution is -2.33. The van der Waals surface area contributed by atoms with Crippen LogP contribution in [0.1, 0.15) is 66.9 Å². The maximum atomic E-state index is 13.4. The van der Waals surface area contributed by atoms with E-state index in [0.717, 1.165) is 42.7 Å². The number of amides is 1. The van der Waals surface area contributed by atoms with Crippen molar-refractivity contribution in [3.8, 4) is 17.2 Å². The highest BCUT2D eigenvalue weighted by Crippen LogP contribution is 2.51. The van der Waals surface area contributed by atoms with Crippen molar-refractivity contribution in [2.24, 2.45) is 17.6 Å². The molecule has 276 valence electrons. The number of benzene rings is 3. The Morgan fingerprint density at radius 1 is 0.740 bits per heavy atom. The van der Waals surface area contributed by atoms with E-state index in [9.17, 15) is 35.9 Å². The van der Waals surface area contributed by atoms with Crippen LogP contribution in [0.2, 0.25) is 0 Å². The lowest BCUT2D eigenvalue weighted by Gasteiger charge is -2.19. The smallest absolute Gasteiger partial charge is 0.407 e. The second-order valence-corrected chi connectivity index (χ2v) is 12.5. The molecule has 0 heterocycles. The Bertz CT molecular complexity index is 1640. The topological polar surface area (TPSA) is 109 Å². The van der Waals surface area contributed by atoms with E-state index < -0.39 is 46.6 Å². The zero-order chi connectivity index (χ0) is 36.6. The third-order valence-electron chi connectivity index (χ3n) is 7.80. The minimum absolute atomic E-state index is 0. The molecule has 5 rings (SSSR count). The Kier molecular flexibility index (Phi) is 15.3. The first-order valence-corrected chi connectivity index (χ1v) is 15.3. The molecule has 3 N–H and O–H groups in total. The maximum absolute atomic E-state index is 13.4. The van der Waals surface area contributed by atoms with Crippen molar-refractivity contribution < 1.29 is 54.9 Å². The molecular weight excluding hydrogens is 694 g/mol. The van der Waals surface area contributed by atoms with Gasteiger partial charge in [0.15, 0.2) is 41.2 Å². The summed E-state index contributed by atoms with van der Waals surface area (Å²) in [6.07, 6.45) is 1.65. The van der Waals surface area contributed by atoms with Gasteiger partial charge in [0.1, 0.15) is 22.8 Å². The van der Waals surface area contributed by atoms with Gasteiger partial charge in [0.2, 0.25) is 0 Å². The zero-order valence-electron chi connectivity index (χ0n) is 28.4. The van der Waals surface area contributed by atoms with Crippen molar-refractivity contribution in [3.63, 3.8) is 0 Å². The SMILES string of the molecule is COc1cc(F)c(F)cc1C1CC1CN.COc1cc(F)c(F)cc1C1CC1CNC(=O)OC(C)(C)C.COc1cc(F)c(F)cc1C=O.Cl. The Hall–Kier alpha value is -4.17. The highest BCUT2D eigenvalue weighted by Gasteiger charge is 2.41. The number of ether oxygens (including phenoxy) is 4. The molecule has 1 amide bonds. The summed E-state index contributed by atoms with van der Waals surface area (Å²) in [5.74, 6) is -3.99. The molecule has 3 aromatic carbocycles. The number of carbonyl (C=O) groups is 2. The van der Waals surface area contributed by atoms with Crippen molar-refractivity contribution >= 4 is 24.8 Å². The van der Waals surface area contributed by atoms with E-state index in [2.05, 4.69) is 10.1 Å². The van der Waals surface area contributed by atoms with Crippen molar-refractivity contribution in [2.45, 2.75) is 51.0 Å². The largest absolute Gasteiger partial charge is 0.496 e. The third-order valence-corrected chi connectivity index (χ3v) is 7.80. The summed E-state index contributed by atoms with van der Waals surface area (Å²) >= 11 is 0. The Morgan fingerprint density at radius 3 is 1.54 bits per heavy atom. The molecule has 50 heavy (non-hydrogen) atoms. The molecule has 2 aliphatic rings. The average Bonchev–Trinajstić information content (AvgIpc) is 3.98. The maximum Gasteiger partial charge on any atom is 0.407 e. The predicted molar refractivity (Wildman–Crippen MR) is 176 cm³/mol. The number of alkyl carbamates (subject to hydrolysis) is 1. The van der Waals surface area contributed by atoms with E-state index in [1.807, 2.05) is 0 Å². The third kappa shape index (κ3) is 11.4. The van der Waals surface area contributed by atoms with Crippen LogP contribution >= 0.6 is 12.4 Å². The molecule has 0 spiro atoms. The van der Waals surface area contributed by atoms with E-state index in [4.69, 9.17) is 19.9 Å². The van der Waals surface area contributed by atoms with E-state index in [0.29, 0.717) is 42.4 Å². The van der Waals surface area contributed by atoms with E-state index >= 15 is 0 Å². The number of nitrogens with two attached hydrogens (primary N) is 1. The number of hydrogen-bond acceptors (Lipinski definition) is 7. The highest BCUT2D eigenvalue weighted by molar-refractivity contribution is 5.85. The molecule has 0 aromatic heterocycles. The number of halogens is 7. The molecule has 3 aromatic rings. The number of nitrogens with one attached hydrogen (secondary N) is 1. The standard InChI is InChI=1S/C16H21F2NO3.C11H13F2NO.C8H6F2O2.ClH/c1-16(2,3)22-15(20)19-8-9-5-10(9)11-6-12(17)13(18)7-14(11)21-4;1-15-11-4-10(13)9(12)3-8(11)7-2-6(7)5-14;1-12-8-3-7(10)6(9)2-5(8)4-11;/h6-7,9-10H,5,8H2,1-4H3,(H,19,20);3-4,6-7H,2,5,14H2,1H3;2-4H,1H3;1H. The molecule has 15 heteroatoms. The van der Waals surface area contributed by atoms with Gasteiger partial charge >= 0.3 is 6.09 Å². The molecule has 4 atom stereocenters. The number of hydrogen-bond donors (Lipinski definition) is 2. The Labute approximate surface area is 293 Å². The number of carbonyl (C=O) groups excluding carboxylic acids is 2. The normalized spacial score (nSPS) is 18.5. The fourth-order valence-corrected chi connectivity index (χ4v) is 5.11. The molecule has 4 unspecified atom stereocenters. The Balaban J connectivity index is 0.000000271. The van der Waals surface area contributed by atoms with Gasteiger partial charge < -0.3 is 30.0 Å². The first-order chi connectivity index (χ1) is 23.1. The van der Waals surface area contributed by atoms with Crippen LogP contribution < -0.4 is 25.3 Å². The molecule has 0 radical (unpaired) electrons. The highest BCUT2D eigenvalue weighted by atomic mass is 35.5. The van der Waals surface area contributed by atoms with Crippen LogP contribution in [-0.2, 0) is 4.74 Å². The van der Waals surface area contributed by atoms with Crippen LogP contribution in [-0.4, -0.2) is 52.4 Å². The van der Waals surface area contributed by atoms with Crippen LogP contribution in [0.4, 0.5) is 31.1 Å². The van der Waals surface area contributed by atoms with Gasteiger partial charge in [-0.25, -0.2) is 31.1 Å². The predicted octanol–water partition coefficient (Wildman–Crippen LogP) is 7.84. The van der Waals surface area contributed by atoms with Gasteiger partial charge in [-0.05, 0) is 82.0 Å². The fraction of sp³-hybridized carbons (Fsp3) is 0.429. The van der Waals surface area contributed by atoms with Gasteiger partial charge in [-0.15, -0.1) is 12.4 Å². The summed E-state index contributed by atoms with van der Waals surface area (Å²) in [6, 6.07) is 6.17. The number of rotatable bonds is 9. The van der Waals surface area contributed by atoms with Crippen molar-refractivity contribution in [1.82, 2.24) is 5.32 Å². The molecule has 0 aliphatic heterocycles. The van der Waals surface area contributed by atoms with Gasteiger partial charge in [-0.2, -0.15) is 0 Å². The summed E-state index contributed by atoms with van der Waals surface area (Å²) in [6.45, 7) is 6.38. The summed E-state index contributed by atoms with van der Waals surface area (Å²) < 4.78 is 97.5. The average molecular weight is 735 g/mol. The molecule has 0 bridgehead atoms. The summed E-state index contributed by atoms with van der Waals surface area (Å²) in [5, 5.41) is 2.69. The van der Waals surface area contributed by atoms with Crippen LogP contribution in [0.25, 0.3) is 0 Å². The molecule has 2 saturated carbocycles. The van der Waals surface area contributed by atoms with Crippen molar-refractivity contribution in [2.75, 3.05) is 34.4 Å². The Morgan fingerprint density at radius 2 is 1.14 bits per heavy atom. The van der Waals surface area contributed by atoms with Crippen molar-refractivity contribution in [1.29, 1.82) is 0 Å². The molecule has 8 nitrogen and oxygen atoms in total. The second-order valence-electron chi connectivity index (χ2n) is 12.5.